The molecule has 2 fully saturated rings. The van der Waals surface area contributed by atoms with Crippen LogP contribution in [0.4, 0.5) is 0 Å². The number of amides is 1. The molecular formula is C19H26ClN5O. The van der Waals surface area contributed by atoms with Crippen molar-refractivity contribution in [3.63, 3.8) is 0 Å². The van der Waals surface area contributed by atoms with Gasteiger partial charge < -0.3 is 4.90 Å². The number of carbonyl (C=O) groups is 1. The third-order valence-corrected chi connectivity index (χ3v) is 5.69. The lowest BCUT2D eigenvalue weighted by Gasteiger charge is -2.34. The second-order valence-corrected chi connectivity index (χ2v) is 8.40. The Morgan fingerprint density at radius 3 is 2.85 bits per heavy atom. The molecule has 2 aliphatic rings. The van der Waals surface area contributed by atoms with Crippen LogP contribution < -0.4 is 0 Å². The molecule has 140 valence electrons. The fourth-order valence-corrected chi connectivity index (χ4v) is 4.02. The highest BCUT2D eigenvalue weighted by molar-refractivity contribution is 6.30. The minimum absolute atomic E-state index is 0.00876. The van der Waals surface area contributed by atoms with Crippen molar-refractivity contribution in [1.29, 1.82) is 0 Å². The van der Waals surface area contributed by atoms with Gasteiger partial charge in [0, 0.05) is 44.6 Å². The highest BCUT2D eigenvalue weighted by Gasteiger charge is 2.34. The number of fused-ring (bicyclic) bond motifs is 1. The van der Waals surface area contributed by atoms with E-state index in [1.807, 2.05) is 4.90 Å². The van der Waals surface area contributed by atoms with Crippen molar-refractivity contribution in [2.45, 2.75) is 39.2 Å². The zero-order valence-corrected chi connectivity index (χ0v) is 16.2. The maximum Gasteiger partial charge on any atom is 0.274 e. The maximum atomic E-state index is 13.1. The van der Waals surface area contributed by atoms with Gasteiger partial charge >= 0.3 is 0 Å². The van der Waals surface area contributed by atoms with Crippen molar-refractivity contribution in [3.8, 4) is 0 Å². The first-order valence-corrected chi connectivity index (χ1v) is 9.92. The lowest BCUT2D eigenvalue weighted by Crippen LogP contribution is -2.46. The van der Waals surface area contributed by atoms with Gasteiger partial charge in [-0.2, -0.15) is 0 Å². The second kappa shape index (κ2) is 7.16. The third-order valence-electron chi connectivity index (χ3n) is 5.49. The van der Waals surface area contributed by atoms with Crippen LogP contribution in [0.25, 0.3) is 5.78 Å². The van der Waals surface area contributed by atoms with Crippen LogP contribution in [0.5, 0.6) is 0 Å². The topological polar surface area (TPSA) is 53.7 Å². The van der Waals surface area contributed by atoms with Gasteiger partial charge in [0.25, 0.3) is 5.91 Å². The number of hydrogen-bond donors (Lipinski definition) is 0. The van der Waals surface area contributed by atoms with Gasteiger partial charge in [0.1, 0.15) is 5.69 Å². The Hall–Kier alpha value is -1.66. The van der Waals surface area contributed by atoms with E-state index in [0.29, 0.717) is 28.5 Å². The van der Waals surface area contributed by atoms with Crippen LogP contribution in [-0.4, -0.2) is 62.3 Å². The van der Waals surface area contributed by atoms with Crippen molar-refractivity contribution >= 4 is 23.3 Å². The van der Waals surface area contributed by atoms with E-state index in [4.69, 9.17) is 11.6 Å². The van der Waals surface area contributed by atoms with E-state index in [2.05, 4.69) is 28.7 Å². The number of imidazole rings is 1. The van der Waals surface area contributed by atoms with E-state index in [0.717, 1.165) is 32.0 Å². The molecule has 1 amide bonds. The highest BCUT2D eigenvalue weighted by atomic mass is 35.5. The summed E-state index contributed by atoms with van der Waals surface area (Å²) in [6, 6.07) is 0.409. The molecule has 26 heavy (non-hydrogen) atoms. The van der Waals surface area contributed by atoms with Crippen molar-refractivity contribution in [2.75, 3.05) is 26.2 Å². The van der Waals surface area contributed by atoms with E-state index in [1.165, 1.54) is 19.4 Å². The molecule has 1 saturated heterocycles. The van der Waals surface area contributed by atoms with E-state index in [9.17, 15) is 4.79 Å². The minimum atomic E-state index is -0.00876. The Bertz CT molecular complexity index is 800. The minimum Gasteiger partial charge on any atom is -0.336 e. The van der Waals surface area contributed by atoms with Crippen LogP contribution in [0.1, 0.15) is 43.6 Å². The van der Waals surface area contributed by atoms with Crippen molar-refractivity contribution in [3.05, 3.63) is 29.3 Å². The second-order valence-electron chi connectivity index (χ2n) is 7.96. The summed E-state index contributed by atoms with van der Waals surface area (Å²) in [6.45, 7) is 8.33. The Labute approximate surface area is 159 Å². The van der Waals surface area contributed by atoms with Gasteiger partial charge in [0.2, 0.25) is 5.78 Å². The molecule has 7 heteroatoms. The number of carbonyl (C=O) groups excluding carboxylic acids is 1. The Morgan fingerprint density at radius 2 is 2.12 bits per heavy atom. The molecule has 0 aromatic carbocycles. The number of rotatable bonds is 4. The molecule has 2 aromatic heterocycles. The van der Waals surface area contributed by atoms with E-state index in [-0.39, 0.29) is 5.91 Å². The smallest absolute Gasteiger partial charge is 0.274 e. The predicted molar refractivity (Wildman–Crippen MR) is 101 cm³/mol. The van der Waals surface area contributed by atoms with Gasteiger partial charge in [-0.05, 0) is 31.1 Å². The average Bonchev–Trinajstić information content (AvgIpc) is 3.36. The average molecular weight is 376 g/mol. The van der Waals surface area contributed by atoms with Gasteiger partial charge in [0.05, 0.1) is 11.2 Å². The summed E-state index contributed by atoms with van der Waals surface area (Å²) < 4.78 is 1.71. The van der Waals surface area contributed by atoms with Gasteiger partial charge in [-0.25, -0.2) is 9.97 Å². The molecule has 2 aromatic rings. The number of halogens is 1. The summed E-state index contributed by atoms with van der Waals surface area (Å²) in [5.41, 5.74) is 0.443. The van der Waals surface area contributed by atoms with Crippen molar-refractivity contribution in [1.82, 2.24) is 24.2 Å². The Balaban J connectivity index is 1.54. The van der Waals surface area contributed by atoms with Gasteiger partial charge in [0.15, 0.2) is 0 Å². The van der Waals surface area contributed by atoms with Gasteiger partial charge in [-0.15, -0.1) is 0 Å². The molecule has 6 nitrogen and oxygen atoms in total. The molecule has 1 aliphatic heterocycles. The Kier molecular flexibility index (Phi) is 4.88. The zero-order chi connectivity index (χ0) is 18.3. The summed E-state index contributed by atoms with van der Waals surface area (Å²) in [6.07, 6.45) is 8.74. The van der Waals surface area contributed by atoms with Crippen LogP contribution in [0.2, 0.25) is 5.02 Å². The van der Waals surface area contributed by atoms with Crippen LogP contribution in [0.15, 0.2) is 18.6 Å². The standard InChI is InChI=1S/C19H26ClN5O/c1-13(2)17-12-24(7-3-6-23(17)9-14-4-5-14)18(26)16-11-25-10-15(20)8-21-19(25)22-16/h8,10-11,13-14,17H,3-7,9,12H2,1-2H3/t17-/m0/s1. The van der Waals surface area contributed by atoms with Gasteiger partial charge in [-0.1, -0.05) is 25.4 Å². The van der Waals surface area contributed by atoms with E-state index < -0.39 is 0 Å². The third kappa shape index (κ3) is 3.71. The number of hydrogen-bond acceptors (Lipinski definition) is 4. The van der Waals surface area contributed by atoms with E-state index >= 15 is 0 Å². The largest absolute Gasteiger partial charge is 0.336 e. The van der Waals surface area contributed by atoms with Crippen LogP contribution in [0, 0.1) is 11.8 Å². The maximum absolute atomic E-state index is 13.1. The molecule has 3 heterocycles. The SMILES string of the molecule is CC(C)[C@@H]1CN(C(=O)c2cn3cc(Cl)cnc3n2)CCCN1CC1CC1. The molecule has 0 bridgehead atoms. The van der Waals surface area contributed by atoms with Gasteiger partial charge in [-0.3, -0.25) is 14.1 Å². The quantitative estimate of drug-likeness (QED) is 0.824. The molecule has 1 atom stereocenters. The van der Waals surface area contributed by atoms with Crippen LogP contribution >= 0.6 is 11.6 Å². The summed E-state index contributed by atoms with van der Waals surface area (Å²) in [7, 11) is 0. The lowest BCUT2D eigenvalue weighted by atomic mass is 10.0. The molecule has 0 radical (unpaired) electrons. The summed E-state index contributed by atoms with van der Waals surface area (Å²) in [5, 5.41) is 0.527. The molecule has 4 rings (SSSR count). The molecule has 0 spiro atoms. The molecule has 1 aliphatic carbocycles. The monoisotopic (exact) mass is 375 g/mol. The summed E-state index contributed by atoms with van der Waals surface area (Å²) in [5.74, 6) is 1.88. The summed E-state index contributed by atoms with van der Waals surface area (Å²) >= 11 is 5.98. The number of nitrogens with zero attached hydrogens (tertiary/aromatic N) is 5. The van der Waals surface area contributed by atoms with Crippen LogP contribution in [0.3, 0.4) is 0 Å². The fourth-order valence-electron chi connectivity index (χ4n) is 3.86. The lowest BCUT2D eigenvalue weighted by molar-refractivity contribution is 0.0699. The first kappa shape index (κ1) is 17.7. The molecule has 1 saturated carbocycles. The number of aromatic nitrogens is 3. The molecule has 0 unspecified atom stereocenters. The van der Waals surface area contributed by atoms with E-state index in [1.54, 1.807) is 23.0 Å². The first-order chi connectivity index (χ1) is 12.5. The highest BCUT2D eigenvalue weighted by Crippen LogP contribution is 2.32. The first-order valence-electron chi connectivity index (χ1n) is 9.55. The normalized spacial score (nSPS) is 22.2. The molecule has 0 N–H and O–H groups in total. The van der Waals surface area contributed by atoms with Crippen molar-refractivity contribution in [2.24, 2.45) is 11.8 Å². The van der Waals surface area contributed by atoms with Crippen molar-refractivity contribution < 1.29 is 4.79 Å². The Morgan fingerprint density at radius 1 is 1.31 bits per heavy atom. The predicted octanol–water partition coefficient (Wildman–Crippen LogP) is 2.97. The van der Waals surface area contributed by atoms with Crippen LogP contribution in [-0.2, 0) is 0 Å². The zero-order valence-electron chi connectivity index (χ0n) is 15.4. The molecular weight excluding hydrogens is 350 g/mol. The fraction of sp³-hybridized carbons (Fsp3) is 0.632. The summed E-state index contributed by atoms with van der Waals surface area (Å²) in [4.78, 5) is 26.3.